The van der Waals surface area contributed by atoms with Crippen molar-refractivity contribution in [3.8, 4) is 5.75 Å². The number of pyridine rings is 1. The Labute approximate surface area is 163 Å². The highest BCUT2D eigenvalue weighted by Gasteiger charge is 2.30. The van der Waals surface area contributed by atoms with E-state index in [0.717, 1.165) is 24.0 Å². The van der Waals surface area contributed by atoms with E-state index in [-0.39, 0.29) is 24.2 Å². The molecule has 1 aromatic carbocycles. The van der Waals surface area contributed by atoms with E-state index in [4.69, 9.17) is 4.74 Å². The van der Waals surface area contributed by atoms with Gasteiger partial charge < -0.3 is 15.4 Å². The molecule has 0 radical (unpaired) electrons. The van der Waals surface area contributed by atoms with Crippen LogP contribution in [0.5, 0.6) is 5.75 Å². The fourth-order valence-corrected chi connectivity index (χ4v) is 2.64. The third kappa shape index (κ3) is 7.10. The number of carbonyl (C=O) groups excluding carboxylic acids is 2. The number of anilines is 1. The number of aromatic nitrogens is 1. The molecule has 2 rings (SSSR count). The molecule has 0 atom stereocenters. The molecule has 150 valence electrons. The van der Waals surface area contributed by atoms with Crippen LogP contribution in [0.1, 0.15) is 12.5 Å². The number of halogens is 3. The SMILES string of the molecule is CCNC(=O)COc1ccc(NC(=O)CSc2ccc(C(F)(F)F)cn2)cc1. The van der Waals surface area contributed by atoms with Crippen molar-refractivity contribution in [2.45, 2.75) is 18.1 Å². The van der Waals surface area contributed by atoms with Gasteiger partial charge in [0.1, 0.15) is 5.75 Å². The minimum absolute atomic E-state index is 0.00615. The van der Waals surface area contributed by atoms with Gasteiger partial charge in [0.2, 0.25) is 5.91 Å². The Bertz CT molecular complexity index is 796. The van der Waals surface area contributed by atoms with Crippen LogP contribution in [0, 0.1) is 0 Å². The molecule has 0 saturated carbocycles. The maximum Gasteiger partial charge on any atom is 0.417 e. The first kappa shape index (κ1) is 21.5. The van der Waals surface area contributed by atoms with E-state index in [1.165, 1.54) is 6.07 Å². The van der Waals surface area contributed by atoms with Crippen molar-refractivity contribution in [2.24, 2.45) is 0 Å². The number of carbonyl (C=O) groups is 2. The van der Waals surface area contributed by atoms with Crippen LogP contribution in [0.3, 0.4) is 0 Å². The third-order valence-corrected chi connectivity index (χ3v) is 4.24. The van der Waals surface area contributed by atoms with Crippen LogP contribution in [0.15, 0.2) is 47.6 Å². The highest BCUT2D eigenvalue weighted by atomic mass is 32.2. The highest BCUT2D eigenvalue weighted by molar-refractivity contribution is 7.99. The predicted octanol–water partition coefficient (Wildman–Crippen LogP) is 3.35. The molecule has 2 amide bonds. The molecule has 0 spiro atoms. The quantitative estimate of drug-likeness (QED) is 0.649. The van der Waals surface area contributed by atoms with E-state index >= 15 is 0 Å². The number of nitrogens with zero attached hydrogens (tertiary/aromatic N) is 1. The standard InChI is InChI=1S/C18H18F3N3O3S/c1-2-22-15(25)10-27-14-6-4-13(5-7-14)24-16(26)11-28-17-8-3-12(9-23-17)18(19,20)21/h3-9H,2,10-11H2,1H3,(H,22,25)(H,24,26). The number of ether oxygens (including phenoxy) is 1. The van der Waals surface area contributed by atoms with Gasteiger partial charge in [-0.15, -0.1) is 0 Å². The minimum Gasteiger partial charge on any atom is -0.484 e. The van der Waals surface area contributed by atoms with Crippen molar-refractivity contribution >= 4 is 29.3 Å². The van der Waals surface area contributed by atoms with E-state index in [1.54, 1.807) is 31.2 Å². The van der Waals surface area contributed by atoms with E-state index < -0.39 is 11.7 Å². The second-order valence-electron chi connectivity index (χ2n) is 5.49. The number of amides is 2. The first-order valence-corrected chi connectivity index (χ1v) is 9.22. The van der Waals surface area contributed by atoms with Crippen LogP contribution in [-0.2, 0) is 15.8 Å². The maximum absolute atomic E-state index is 12.5. The summed E-state index contributed by atoms with van der Waals surface area (Å²) in [7, 11) is 0. The van der Waals surface area contributed by atoms with Crippen molar-refractivity contribution in [3.63, 3.8) is 0 Å². The molecule has 28 heavy (non-hydrogen) atoms. The van der Waals surface area contributed by atoms with Gasteiger partial charge >= 0.3 is 6.18 Å². The van der Waals surface area contributed by atoms with Gasteiger partial charge in [-0.1, -0.05) is 11.8 Å². The zero-order valence-electron chi connectivity index (χ0n) is 14.9. The molecule has 10 heteroatoms. The van der Waals surface area contributed by atoms with E-state index in [0.29, 0.717) is 23.0 Å². The lowest BCUT2D eigenvalue weighted by atomic mass is 10.3. The minimum atomic E-state index is -4.44. The normalized spacial score (nSPS) is 11.0. The van der Waals surface area contributed by atoms with Gasteiger partial charge in [-0.2, -0.15) is 13.2 Å². The summed E-state index contributed by atoms with van der Waals surface area (Å²) in [4.78, 5) is 27.0. The van der Waals surface area contributed by atoms with Gasteiger partial charge in [-0.3, -0.25) is 9.59 Å². The summed E-state index contributed by atoms with van der Waals surface area (Å²) in [5, 5.41) is 5.58. The van der Waals surface area contributed by atoms with Crippen LogP contribution in [0.25, 0.3) is 0 Å². The Morgan fingerprint density at radius 3 is 2.39 bits per heavy atom. The summed E-state index contributed by atoms with van der Waals surface area (Å²) in [6.07, 6.45) is -3.71. The fourth-order valence-electron chi connectivity index (χ4n) is 2.00. The molecule has 1 aromatic heterocycles. The largest absolute Gasteiger partial charge is 0.484 e. The Hall–Kier alpha value is -2.75. The topological polar surface area (TPSA) is 80.3 Å². The van der Waals surface area contributed by atoms with Crippen molar-refractivity contribution in [1.29, 1.82) is 0 Å². The summed E-state index contributed by atoms with van der Waals surface area (Å²) >= 11 is 1.03. The molecule has 0 aliphatic carbocycles. The lowest BCUT2D eigenvalue weighted by molar-refractivity contribution is -0.138. The Morgan fingerprint density at radius 2 is 1.82 bits per heavy atom. The number of hydrogen-bond acceptors (Lipinski definition) is 5. The number of thioether (sulfide) groups is 1. The summed E-state index contributed by atoms with van der Waals surface area (Å²) < 4.78 is 42.8. The molecule has 0 bridgehead atoms. The first-order valence-electron chi connectivity index (χ1n) is 8.23. The van der Waals surface area contributed by atoms with Crippen LogP contribution in [-0.4, -0.2) is 35.7 Å². The Balaban J connectivity index is 1.79. The van der Waals surface area contributed by atoms with Crippen molar-refractivity contribution < 1.29 is 27.5 Å². The summed E-state index contributed by atoms with van der Waals surface area (Å²) in [5.41, 5.74) is -0.313. The van der Waals surface area contributed by atoms with Crippen LogP contribution in [0.2, 0.25) is 0 Å². The lowest BCUT2D eigenvalue weighted by Crippen LogP contribution is -2.28. The number of benzene rings is 1. The molecule has 2 aromatic rings. The average molecular weight is 413 g/mol. The van der Waals surface area contributed by atoms with Gasteiger partial charge in [0.05, 0.1) is 16.3 Å². The molecule has 0 aliphatic heterocycles. The van der Waals surface area contributed by atoms with Gasteiger partial charge in [0.15, 0.2) is 6.61 Å². The highest BCUT2D eigenvalue weighted by Crippen LogP contribution is 2.29. The maximum atomic E-state index is 12.5. The summed E-state index contributed by atoms with van der Waals surface area (Å²) in [6.45, 7) is 2.23. The van der Waals surface area contributed by atoms with E-state index in [1.807, 2.05) is 0 Å². The number of alkyl halides is 3. The fraction of sp³-hybridized carbons (Fsp3) is 0.278. The van der Waals surface area contributed by atoms with Crippen molar-refractivity contribution in [1.82, 2.24) is 10.3 Å². The summed E-state index contributed by atoms with van der Waals surface area (Å²) in [6, 6.07) is 8.60. The Morgan fingerprint density at radius 1 is 1.11 bits per heavy atom. The Kier molecular flexibility index (Phi) is 7.68. The molecule has 0 fully saturated rings. The van der Waals surface area contributed by atoms with E-state index in [2.05, 4.69) is 15.6 Å². The number of hydrogen-bond donors (Lipinski definition) is 2. The molecule has 1 heterocycles. The average Bonchev–Trinajstić information content (AvgIpc) is 2.66. The van der Waals surface area contributed by atoms with Gasteiger partial charge in [0, 0.05) is 18.4 Å². The van der Waals surface area contributed by atoms with Gasteiger partial charge in [-0.25, -0.2) is 4.98 Å². The van der Waals surface area contributed by atoms with Gasteiger partial charge in [-0.05, 0) is 43.3 Å². The van der Waals surface area contributed by atoms with Crippen LogP contribution in [0.4, 0.5) is 18.9 Å². The zero-order valence-corrected chi connectivity index (χ0v) is 15.7. The van der Waals surface area contributed by atoms with Crippen LogP contribution >= 0.6 is 11.8 Å². The first-order chi connectivity index (χ1) is 13.3. The van der Waals surface area contributed by atoms with E-state index in [9.17, 15) is 22.8 Å². The van der Waals surface area contributed by atoms with Crippen molar-refractivity contribution in [3.05, 3.63) is 48.2 Å². The molecule has 0 saturated heterocycles. The molecular formula is C18H18F3N3O3S. The smallest absolute Gasteiger partial charge is 0.417 e. The number of rotatable bonds is 8. The third-order valence-electron chi connectivity index (χ3n) is 3.30. The number of nitrogens with one attached hydrogen (secondary N) is 2. The zero-order chi connectivity index (χ0) is 20.6. The second-order valence-corrected chi connectivity index (χ2v) is 6.48. The molecule has 0 aliphatic rings. The van der Waals surface area contributed by atoms with Crippen LogP contribution < -0.4 is 15.4 Å². The molecular weight excluding hydrogens is 395 g/mol. The monoisotopic (exact) mass is 413 g/mol. The number of likely N-dealkylation sites (N-methyl/N-ethyl adjacent to an activating group) is 1. The second kappa shape index (κ2) is 9.98. The van der Waals surface area contributed by atoms with Crippen molar-refractivity contribution in [2.75, 3.05) is 24.2 Å². The summed E-state index contributed by atoms with van der Waals surface area (Å²) in [5.74, 6) is -0.0857. The lowest BCUT2D eigenvalue weighted by Gasteiger charge is -2.09. The predicted molar refractivity (Wildman–Crippen MR) is 99.2 cm³/mol. The molecule has 6 nitrogen and oxygen atoms in total. The van der Waals surface area contributed by atoms with Gasteiger partial charge in [0.25, 0.3) is 5.91 Å². The molecule has 0 unspecified atom stereocenters. The molecule has 2 N–H and O–H groups in total.